The van der Waals surface area contributed by atoms with Crippen LogP contribution < -0.4 is 0 Å². The third-order valence-corrected chi connectivity index (χ3v) is 1.45. The molecule has 0 bridgehead atoms. The number of hydrogen-bond acceptors (Lipinski definition) is 4. The van der Waals surface area contributed by atoms with Crippen molar-refractivity contribution in [2.75, 3.05) is 13.2 Å². The zero-order valence-corrected chi connectivity index (χ0v) is 8.33. The average Bonchev–Trinajstić information content (AvgIpc) is 2.05. The van der Waals surface area contributed by atoms with Crippen molar-refractivity contribution in [1.82, 2.24) is 0 Å². The monoisotopic (exact) mass is 188 g/mol. The molecule has 0 aliphatic heterocycles. The smallest absolute Gasteiger partial charge is 0.203 e. The van der Waals surface area contributed by atoms with Gasteiger partial charge in [-0.05, 0) is 13.8 Å². The van der Waals surface area contributed by atoms with E-state index in [1.54, 1.807) is 0 Å². The van der Waals surface area contributed by atoms with Gasteiger partial charge in [-0.15, -0.1) is 0 Å². The number of hydrogen-bond donors (Lipinski definition) is 0. The molecule has 0 aromatic carbocycles. The Labute approximate surface area is 78.2 Å². The standard InChI is InChI=1S/C9H16O4/c1-4-12-9(13-5-2)6-8(11)7(3)10/h9H,4-6H2,1-3H3. The predicted octanol–water partition coefficient (Wildman–Crippen LogP) is 0.934. The highest BCUT2D eigenvalue weighted by Crippen LogP contribution is 2.02. The fourth-order valence-electron chi connectivity index (χ4n) is 0.833. The second-order valence-corrected chi connectivity index (χ2v) is 2.52. The minimum atomic E-state index is -0.577. The zero-order valence-electron chi connectivity index (χ0n) is 8.33. The van der Waals surface area contributed by atoms with Crippen LogP contribution in [0.4, 0.5) is 0 Å². The summed E-state index contributed by atoms with van der Waals surface area (Å²) < 4.78 is 10.2. The molecular formula is C9H16O4. The van der Waals surface area contributed by atoms with Gasteiger partial charge in [-0.25, -0.2) is 0 Å². The van der Waals surface area contributed by atoms with Crippen molar-refractivity contribution in [1.29, 1.82) is 0 Å². The number of carbonyl (C=O) groups excluding carboxylic acids is 2. The Morgan fingerprint density at radius 3 is 1.92 bits per heavy atom. The quantitative estimate of drug-likeness (QED) is 0.440. The number of ether oxygens (including phenoxy) is 2. The van der Waals surface area contributed by atoms with Crippen molar-refractivity contribution in [2.45, 2.75) is 33.5 Å². The molecule has 0 N–H and O–H groups in total. The van der Waals surface area contributed by atoms with Crippen LogP contribution in [0.3, 0.4) is 0 Å². The van der Waals surface area contributed by atoms with E-state index in [2.05, 4.69) is 0 Å². The van der Waals surface area contributed by atoms with E-state index in [0.717, 1.165) is 0 Å². The summed E-state index contributed by atoms with van der Waals surface area (Å²) in [7, 11) is 0. The van der Waals surface area contributed by atoms with E-state index in [4.69, 9.17) is 9.47 Å². The van der Waals surface area contributed by atoms with Crippen molar-refractivity contribution in [3.63, 3.8) is 0 Å². The normalized spacial score (nSPS) is 10.5. The summed E-state index contributed by atoms with van der Waals surface area (Å²) >= 11 is 0. The molecule has 76 valence electrons. The highest BCUT2D eigenvalue weighted by Gasteiger charge is 2.16. The van der Waals surface area contributed by atoms with Crippen LogP contribution in [-0.2, 0) is 19.1 Å². The van der Waals surface area contributed by atoms with Crippen LogP contribution in [0, 0.1) is 0 Å². The first-order valence-corrected chi connectivity index (χ1v) is 4.38. The number of rotatable bonds is 7. The molecule has 13 heavy (non-hydrogen) atoms. The van der Waals surface area contributed by atoms with Gasteiger partial charge in [-0.2, -0.15) is 0 Å². The van der Waals surface area contributed by atoms with E-state index in [0.29, 0.717) is 13.2 Å². The molecule has 0 atom stereocenters. The fraction of sp³-hybridized carbons (Fsp3) is 0.778. The molecule has 0 aliphatic rings. The topological polar surface area (TPSA) is 52.6 Å². The largest absolute Gasteiger partial charge is 0.352 e. The molecule has 0 heterocycles. The Morgan fingerprint density at radius 1 is 1.15 bits per heavy atom. The lowest BCUT2D eigenvalue weighted by Crippen LogP contribution is -2.24. The highest BCUT2D eigenvalue weighted by atomic mass is 16.7. The first-order chi connectivity index (χ1) is 6.11. The molecule has 0 amide bonds. The van der Waals surface area contributed by atoms with E-state index < -0.39 is 17.9 Å². The summed E-state index contributed by atoms with van der Waals surface area (Å²) in [4.78, 5) is 21.6. The van der Waals surface area contributed by atoms with Crippen LogP contribution in [0.1, 0.15) is 27.2 Å². The summed E-state index contributed by atoms with van der Waals surface area (Å²) in [5.41, 5.74) is 0. The summed E-state index contributed by atoms with van der Waals surface area (Å²) in [5.74, 6) is -0.906. The summed E-state index contributed by atoms with van der Waals surface area (Å²) in [5, 5.41) is 0. The van der Waals surface area contributed by atoms with E-state index in [9.17, 15) is 9.59 Å². The minimum Gasteiger partial charge on any atom is -0.352 e. The predicted molar refractivity (Wildman–Crippen MR) is 47.3 cm³/mol. The van der Waals surface area contributed by atoms with Gasteiger partial charge in [0.25, 0.3) is 0 Å². The lowest BCUT2D eigenvalue weighted by molar-refractivity contribution is -0.156. The molecule has 4 heteroatoms. The zero-order chi connectivity index (χ0) is 10.3. The van der Waals surface area contributed by atoms with E-state index in [1.807, 2.05) is 13.8 Å². The average molecular weight is 188 g/mol. The number of Topliss-reactive ketones (excluding diaryl/α,β-unsaturated/α-hetero) is 2. The Bertz CT molecular complexity index is 170. The summed E-state index contributed by atoms with van der Waals surface area (Å²) in [6.45, 7) is 5.80. The van der Waals surface area contributed by atoms with E-state index in [1.165, 1.54) is 6.92 Å². The minimum absolute atomic E-state index is 0.0109. The molecule has 0 saturated carbocycles. The van der Waals surface area contributed by atoms with Gasteiger partial charge in [-0.1, -0.05) is 0 Å². The van der Waals surface area contributed by atoms with Gasteiger partial charge in [-0.3, -0.25) is 9.59 Å². The molecule has 0 radical (unpaired) electrons. The first kappa shape index (κ1) is 12.3. The third-order valence-electron chi connectivity index (χ3n) is 1.45. The molecule has 0 aromatic heterocycles. The summed E-state index contributed by atoms with van der Waals surface area (Å²) in [6, 6.07) is 0. The van der Waals surface area contributed by atoms with Gasteiger partial charge in [0.15, 0.2) is 12.1 Å². The SMILES string of the molecule is CCOC(CC(=O)C(C)=O)OCC. The van der Waals surface area contributed by atoms with Gasteiger partial charge in [0.1, 0.15) is 0 Å². The van der Waals surface area contributed by atoms with Crippen LogP contribution in [0.15, 0.2) is 0 Å². The molecular weight excluding hydrogens is 172 g/mol. The van der Waals surface area contributed by atoms with Crippen LogP contribution in [0.5, 0.6) is 0 Å². The van der Waals surface area contributed by atoms with Gasteiger partial charge < -0.3 is 9.47 Å². The van der Waals surface area contributed by atoms with Crippen molar-refractivity contribution in [3.8, 4) is 0 Å². The van der Waals surface area contributed by atoms with Crippen LogP contribution >= 0.6 is 0 Å². The van der Waals surface area contributed by atoms with Gasteiger partial charge in [0.2, 0.25) is 5.78 Å². The van der Waals surface area contributed by atoms with E-state index in [-0.39, 0.29) is 6.42 Å². The fourth-order valence-corrected chi connectivity index (χ4v) is 0.833. The molecule has 0 aromatic rings. The molecule has 0 spiro atoms. The Kier molecular flexibility index (Phi) is 6.36. The summed E-state index contributed by atoms with van der Waals surface area (Å²) in [6.07, 6.45) is -0.566. The second kappa shape index (κ2) is 6.74. The lowest BCUT2D eigenvalue weighted by Gasteiger charge is -2.14. The Hall–Kier alpha value is -0.740. The maximum Gasteiger partial charge on any atom is 0.203 e. The van der Waals surface area contributed by atoms with Crippen molar-refractivity contribution >= 4 is 11.6 Å². The Balaban J connectivity index is 3.93. The van der Waals surface area contributed by atoms with E-state index >= 15 is 0 Å². The molecule has 0 unspecified atom stereocenters. The van der Waals surface area contributed by atoms with Crippen molar-refractivity contribution in [2.24, 2.45) is 0 Å². The van der Waals surface area contributed by atoms with Crippen molar-refractivity contribution in [3.05, 3.63) is 0 Å². The molecule has 0 rings (SSSR count). The molecule has 0 fully saturated rings. The highest BCUT2D eigenvalue weighted by molar-refractivity contribution is 6.36. The number of carbonyl (C=O) groups is 2. The van der Waals surface area contributed by atoms with Gasteiger partial charge in [0.05, 0.1) is 6.42 Å². The maximum atomic E-state index is 11.0. The Morgan fingerprint density at radius 2 is 1.62 bits per heavy atom. The van der Waals surface area contributed by atoms with Gasteiger partial charge in [0, 0.05) is 20.1 Å². The number of ketones is 2. The third kappa shape index (κ3) is 5.49. The molecule has 4 nitrogen and oxygen atoms in total. The van der Waals surface area contributed by atoms with Crippen LogP contribution in [-0.4, -0.2) is 31.1 Å². The molecule has 0 saturated heterocycles. The maximum absolute atomic E-state index is 11.0. The lowest BCUT2D eigenvalue weighted by atomic mass is 10.2. The molecule has 0 aliphatic carbocycles. The van der Waals surface area contributed by atoms with Crippen LogP contribution in [0.25, 0.3) is 0 Å². The second-order valence-electron chi connectivity index (χ2n) is 2.52. The van der Waals surface area contributed by atoms with Gasteiger partial charge >= 0.3 is 0 Å². The van der Waals surface area contributed by atoms with Crippen LogP contribution in [0.2, 0.25) is 0 Å². The first-order valence-electron chi connectivity index (χ1n) is 4.38. The van der Waals surface area contributed by atoms with Crippen molar-refractivity contribution < 1.29 is 19.1 Å².